The molecule has 21 heavy (non-hydrogen) atoms. The summed E-state index contributed by atoms with van der Waals surface area (Å²) in [5.74, 6) is 0.981. The van der Waals surface area contributed by atoms with Gasteiger partial charge < -0.3 is 5.32 Å². The molecule has 0 aliphatic carbocycles. The Kier molecular flexibility index (Phi) is 5.45. The van der Waals surface area contributed by atoms with Crippen LogP contribution in [0.3, 0.4) is 0 Å². The molecule has 0 aliphatic rings. The lowest BCUT2D eigenvalue weighted by molar-refractivity contribution is 0.102. The van der Waals surface area contributed by atoms with Crippen LogP contribution in [-0.4, -0.2) is 11.7 Å². The number of thioether (sulfide) groups is 1. The minimum atomic E-state index is -0.0406. The van der Waals surface area contributed by atoms with Gasteiger partial charge >= 0.3 is 0 Å². The van der Waals surface area contributed by atoms with Gasteiger partial charge in [0.25, 0.3) is 5.91 Å². The van der Waals surface area contributed by atoms with Gasteiger partial charge in [0.05, 0.1) is 5.56 Å². The third-order valence-corrected chi connectivity index (χ3v) is 4.50. The Labute approximate surface area is 131 Å². The predicted octanol–water partition coefficient (Wildman–Crippen LogP) is 5.06. The Morgan fingerprint density at radius 1 is 1.14 bits per heavy atom. The first kappa shape index (κ1) is 15.6. The molecule has 0 unspecified atom stereocenters. The topological polar surface area (TPSA) is 29.1 Å². The minimum absolute atomic E-state index is 0.0406. The molecule has 0 aromatic heterocycles. The van der Waals surface area contributed by atoms with E-state index in [9.17, 15) is 4.79 Å². The fourth-order valence-electron chi connectivity index (χ4n) is 2.14. The fraction of sp³-hybridized carbons (Fsp3) is 0.278. The molecule has 3 heteroatoms. The molecule has 2 aromatic carbocycles. The maximum Gasteiger partial charge on any atom is 0.256 e. The Bertz CT molecular complexity index is 637. The molecule has 0 heterocycles. The fourth-order valence-corrected chi connectivity index (χ4v) is 3.05. The molecule has 1 N–H and O–H groups in total. The van der Waals surface area contributed by atoms with Crippen molar-refractivity contribution in [3.05, 3.63) is 59.2 Å². The quantitative estimate of drug-likeness (QED) is 0.782. The zero-order valence-corrected chi connectivity index (χ0v) is 13.6. The number of aryl methyl sites for hydroxylation is 2. The normalized spacial score (nSPS) is 10.4. The maximum absolute atomic E-state index is 12.5. The van der Waals surface area contributed by atoms with Crippen molar-refractivity contribution in [3.8, 4) is 0 Å². The lowest BCUT2D eigenvalue weighted by atomic mass is 10.1. The number of hydrogen-bond acceptors (Lipinski definition) is 2. The SMILES string of the molecule is CCCSc1ccccc1C(=O)Nc1ccc(C)cc1C. The molecule has 0 spiro atoms. The molecule has 0 radical (unpaired) electrons. The highest BCUT2D eigenvalue weighted by Crippen LogP contribution is 2.25. The molecule has 0 fully saturated rings. The maximum atomic E-state index is 12.5. The lowest BCUT2D eigenvalue weighted by Crippen LogP contribution is -2.13. The van der Waals surface area contributed by atoms with Gasteiger partial charge in [-0.15, -0.1) is 11.8 Å². The van der Waals surface area contributed by atoms with Crippen LogP contribution >= 0.6 is 11.8 Å². The number of carbonyl (C=O) groups excluding carboxylic acids is 1. The van der Waals surface area contributed by atoms with Gasteiger partial charge in [0.1, 0.15) is 0 Å². The molecule has 2 rings (SSSR count). The Morgan fingerprint density at radius 2 is 1.90 bits per heavy atom. The molecule has 0 aliphatic heterocycles. The largest absolute Gasteiger partial charge is 0.322 e. The van der Waals surface area contributed by atoms with Crippen molar-refractivity contribution in [2.24, 2.45) is 0 Å². The molecule has 110 valence electrons. The van der Waals surface area contributed by atoms with E-state index in [2.05, 4.69) is 25.2 Å². The second-order valence-electron chi connectivity index (χ2n) is 5.12. The van der Waals surface area contributed by atoms with Crippen LogP contribution in [0.4, 0.5) is 5.69 Å². The summed E-state index contributed by atoms with van der Waals surface area (Å²) in [7, 11) is 0. The average molecular weight is 299 g/mol. The molecule has 1 amide bonds. The zero-order valence-electron chi connectivity index (χ0n) is 12.8. The molecule has 0 atom stereocenters. The smallest absolute Gasteiger partial charge is 0.256 e. The van der Waals surface area contributed by atoms with Crippen LogP contribution in [0.2, 0.25) is 0 Å². The Hall–Kier alpha value is -1.74. The van der Waals surface area contributed by atoms with E-state index >= 15 is 0 Å². The number of carbonyl (C=O) groups is 1. The van der Waals surface area contributed by atoms with Crippen molar-refractivity contribution in [1.82, 2.24) is 0 Å². The van der Waals surface area contributed by atoms with Crippen LogP contribution in [0.5, 0.6) is 0 Å². The first-order chi connectivity index (χ1) is 10.1. The molecule has 0 saturated carbocycles. The highest BCUT2D eigenvalue weighted by molar-refractivity contribution is 7.99. The van der Waals surface area contributed by atoms with Crippen LogP contribution in [0, 0.1) is 13.8 Å². The highest BCUT2D eigenvalue weighted by Gasteiger charge is 2.12. The Morgan fingerprint density at radius 3 is 2.62 bits per heavy atom. The van der Waals surface area contributed by atoms with Crippen LogP contribution < -0.4 is 5.32 Å². The van der Waals surface area contributed by atoms with Gasteiger partial charge in [0.15, 0.2) is 0 Å². The second-order valence-corrected chi connectivity index (χ2v) is 6.25. The van der Waals surface area contributed by atoms with E-state index < -0.39 is 0 Å². The van der Waals surface area contributed by atoms with Crippen molar-refractivity contribution in [3.63, 3.8) is 0 Å². The number of hydrogen-bond donors (Lipinski definition) is 1. The molecular weight excluding hydrogens is 278 g/mol. The molecule has 0 saturated heterocycles. The van der Waals surface area contributed by atoms with E-state index in [1.807, 2.05) is 43.3 Å². The first-order valence-corrected chi connectivity index (χ1v) is 8.21. The van der Waals surface area contributed by atoms with Crippen molar-refractivity contribution in [1.29, 1.82) is 0 Å². The predicted molar refractivity (Wildman–Crippen MR) is 91.3 cm³/mol. The van der Waals surface area contributed by atoms with Crippen LogP contribution in [0.1, 0.15) is 34.8 Å². The van der Waals surface area contributed by atoms with Gasteiger partial charge in [-0.3, -0.25) is 4.79 Å². The van der Waals surface area contributed by atoms with Gasteiger partial charge in [-0.25, -0.2) is 0 Å². The van der Waals surface area contributed by atoms with Crippen LogP contribution in [0.25, 0.3) is 0 Å². The van der Waals surface area contributed by atoms with E-state index in [1.165, 1.54) is 5.56 Å². The van der Waals surface area contributed by atoms with E-state index in [0.717, 1.165) is 33.9 Å². The number of benzene rings is 2. The van der Waals surface area contributed by atoms with E-state index in [-0.39, 0.29) is 5.91 Å². The van der Waals surface area contributed by atoms with E-state index in [0.29, 0.717) is 0 Å². The molecule has 2 aromatic rings. The van der Waals surface area contributed by atoms with Crippen LogP contribution in [0.15, 0.2) is 47.4 Å². The van der Waals surface area contributed by atoms with Gasteiger partial charge in [-0.1, -0.05) is 36.8 Å². The van der Waals surface area contributed by atoms with Gasteiger partial charge in [0, 0.05) is 10.6 Å². The van der Waals surface area contributed by atoms with Crippen molar-refractivity contribution in [2.75, 3.05) is 11.1 Å². The second kappa shape index (κ2) is 7.32. The summed E-state index contributed by atoms with van der Waals surface area (Å²) >= 11 is 1.73. The summed E-state index contributed by atoms with van der Waals surface area (Å²) in [6.07, 6.45) is 1.09. The summed E-state index contributed by atoms with van der Waals surface area (Å²) in [6.45, 7) is 6.21. The summed E-state index contributed by atoms with van der Waals surface area (Å²) in [5, 5.41) is 3.02. The number of nitrogens with one attached hydrogen (secondary N) is 1. The van der Waals surface area contributed by atoms with E-state index in [4.69, 9.17) is 0 Å². The number of amides is 1. The zero-order chi connectivity index (χ0) is 15.2. The summed E-state index contributed by atoms with van der Waals surface area (Å²) < 4.78 is 0. The number of anilines is 1. The van der Waals surface area contributed by atoms with Gasteiger partial charge in [-0.05, 0) is 49.8 Å². The van der Waals surface area contributed by atoms with Crippen LogP contribution in [-0.2, 0) is 0 Å². The lowest BCUT2D eigenvalue weighted by Gasteiger charge is -2.12. The minimum Gasteiger partial charge on any atom is -0.322 e. The Balaban J connectivity index is 2.20. The van der Waals surface area contributed by atoms with Crippen molar-refractivity contribution < 1.29 is 4.79 Å². The van der Waals surface area contributed by atoms with Crippen molar-refractivity contribution >= 4 is 23.4 Å². The third kappa shape index (κ3) is 4.11. The number of rotatable bonds is 5. The monoisotopic (exact) mass is 299 g/mol. The summed E-state index contributed by atoms with van der Waals surface area (Å²) in [4.78, 5) is 13.6. The standard InChI is InChI=1S/C18H21NOS/c1-4-11-21-17-8-6-5-7-15(17)18(20)19-16-10-9-13(2)12-14(16)3/h5-10,12H,4,11H2,1-3H3,(H,19,20). The van der Waals surface area contributed by atoms with Crippen molar-refractivity contribution in [2.45, 2.75) is 32.1 Å². The molecular formula is C18H21NOS. The molecule has 2 nitrogen and oxygen atoms in total. The van der Waals surface area contributed by atoms with Gasteiger partial charge in [-0.2, -0.15) is 0 Å². The summed E-state index contributed by atoms with van der Waals surface area (Å²) in [5.41, 5.74) is 3.91. The van der Waals surface area contributed by atoms with Gasteiger partial charge in [0.2, 0.25) is 0 Å². The molecule has 0 bridgehead atoms. The highest BCUT2D eigenvalue weighted by atomic mass is 32.2. The summed E-state index contributed by atoms with van der Waals surface area (Å²) in [6, 6.07) is 13.8. The van der Waals surface area contributed by atoms with E-state index in [1.54, 1.807) is 11.8 Å². The first-order valence-electron chi connectivity index (χ1n) is 7.22. The third-order valence-electron chi connectivity index (χ3n) is 3.22. The average Bonchev–Trinajstić information content (AvgIpc) is 2.48.